The lowest BCUT2D eigenvalue weighted by atomic mass is 10.1. The summed E-state index contributed by atoms with van der Waals surface area (Å²) in [4.78, 5) is 17.1. The zero-order valence-electron chi connectivity index (χ0n) is 15.3. The lowest BCUT2D eigenvalue weighted by molar-refractivity contribution is 0.101. The first-order valence-electron chi connectivity index (χ1n) is 8.48. The molecule has 0 unspecified atom stereocenters. The fraction of sp³-hybridized carbons (Fsp3) is 0.300. The van der Waals surface area contributed by atoms with Crippen molar-refractivity contribution in [2.75, 3.05) is 20.3 Å². The summed E-state index contributed by atoms with van der Waals surface area (Å²) in [6.45, 7) is 4.13. The van der Waals surface area contributed by atoms with Gasteiger partial charge in [-0.2, -0.15) is 0 Å². The number of carbonyl (C=O) groups excluding carboxylic acids is 1. The second-order valence-electron chi connectivity index (χ2n) is 6.08. The minimum Gasteiger partial charge on any atom is -0.451 e. The largest absolute Gasteiger partial charge is 0.451 e. The fourth-order valence-corrected chi connectivity index (χ4v) is 3.03. The van der Waals surface area contributed by atoms with E-state index in [1.165, 1.54) is 0 Å². The molecule has 0 radical (unpaired) electrons. The number of benzene rings is 1. The number of hydrogen-bond donors (Lipinski definition) is 1. The molecule has 27 heavy (non-hydrogen) atoms. The van der Waals surface area contributed by atoms with Crippen LogP contribution in [0.3, 0.4) is 0 Å². The number of nitrogens with one attached hydrogen (secondary N) is 1. The van der Waals surface area contributed by atoms with E-state index in [0.29, 0.717) is 23.5 Å². The number of methoxy groups -OCH3 is 1. The standard InChI is InChI=1S/C20H21BrN2O3.ClH/c1-13-20-17(15(12-23-13)11-22-8-3-9-25-2)10-18(26-20)19(24)14-4-6-16(21)7-5-14;/h4-7,10,12,22H,3,8-9,11H2,1-2H3;1H. The number of pyridine rings is 1. The summed E-state index contributed by atoms with van der Waals surface area (Å²) in [5.41, 5.74) is 3.05. The summed E-state index contributed by atoms with van der Waals surface area (Å²) in [6, 6.07) is 9.07. The van der Waals surface area contributed by atoms with Crippen molar-refractivity contribution in [1.29, 1.82) is 0 Å². The Morgan fingerprint density at radius 3 is 2.74 bits per heavy atom. The number of hydrogen-bond acceptors (Lipinski definition) is 5. The Hall–Kier alpha value is -1.73. The number of ketones is 1. The predicted octanol–water partition coefficient (Wildman–Crippen LogP) is 4.68. The summed E-state index contributed by atoms with van der Waals surface area (Å²) in [7, 11) is 1.70. The minimum atomic E-state index is -0.132. The normalized spacial score (nSPS) is 10.8. The number of furan rings is 1. The van der Waals surface area contributed by atoms with Gasteiger partial charge in [-0.15, -0.1) is 12.4 Å². The molecule has 7 heteroatoms. The predicted molar refractivity (Wildman–Crippen MR) is 112 cm³/mol. The number of fused-ring (bicyclic) bond motifs is 1. The Morgan fingerprint density at radius 2 is 2.04 bits per heavy atom. The smallest absolute Gasteiger partial charge is 0.228 e. The SMILES string of the molecule is COCCCNCc1cnc(C)c2oc(C(=O)c3ccc(Br)cc3)cc12.Cl. The molecule has 0 atom stereocenters. The molecule has 1 N–H and O–H groups in total. The van der Waals surface area contributed by atoms with Gasteiger partial charge in [0.2, 0.25) is 5.78 Å². The highest BCUT2D eigenvalue weighted by Gasteiger charge is 2.18. The van der Waals surface area contributed by atoms with Gasteiger partial charge in [-0.1, -0.05) is 15.9 Å². The van der Waals surface area contributed by atoms with Crippen LogP contribution in [0.1, 0.15) is 33.8 Å². The van der Waals surface area contributed by atoms with Crippen LogP contribution in [-0.2, 0) is 11.3 Å². The summed E-state index contributed by atoms with van der Waals surface area (Å²) in [6.07, 6.45) is 2.78. The van der Waals surface area contributed by atoms with E-state index in [1.54, 1.807) is 19.2 Å². The Kier molecular flexibility index (Phi) is 7.98. The van der Waals surface area contributed by atoms with E-state index in [1.807, 2.05) is 31.3 Å². The third-order valence-corrected chi connectivity index (χ3v) is 4.70. The lowest BCUT2D eigenvalue weighted by Gasteiger charge is -2.06. The van der Waals surface area contributed by atoms with Crippen LogP contribution in [0.25, 0.3) is 11.0 Å². The highest BCUT2D eigenvalue weighted by molar-refractivity contribution is 9.10. The van der Waals surface area contributed by atoms with Gasteiger partial charge < -0.3 is 14.5 Å². The van der Waals surface area contributed by atoms with Crippen LogP contribution in [0.15, 0.2) is 45.4 Å². The zero-order chi connectivity index (χ0) is 18.5. The van der Waals surface area contributed by atoms with E-state index >= 15 is 0 Å². The van der Waals surface area contributed by atoms with E-state index < -0.39 is 0 Å². The number of halogens is 2. The number of carbonyl (C=O) groups is 1. The summed E-state index contributed by atoms with van der Waals surface area (Å²) in [5, 5.41) is 4.30. The van der Waals surface area contributed by atoms with Gasteiger partial charge in [-0.05, 0) is 55.8 Å². The fourth-order valence-electron chi connectivity index (χ4n) is 2.76. The van der Waals surface area contributed by atoms with Crippen molar-refractivity contribution in [2.45, 2.75) is 19.9 Å². The molecule has 3 rings (SSSR count). The average Bonchev–Trinajstić information content (AvgIpc) is 3.10. The molecule has 2 aromatic heterocycles. The van der Waals surface area contributed by atoms with Crippen molar-refractivity contribution in [3.63, 3.8) is 0 Å². The molecule has 0 fully saturated rings. The quantitative estimate of drug-likeness (QED) is 0.396. The van der Waals surface area contributed by atoms with Gasteiger partial charge in [0.15, 0.2) is 11.3 Å². The number of nitrogens with zero attached hydrogens (tertiary/aromatic N) is 1. The molecular formula is C20H22BrClN2O3. The molecule has 1 aromatic carbocycles. The molecule has 0 aliphatic carbocycles. The van der Waals surface area contributed by atoms with Crippen LogP contribution in [0, 0.1) is 6.92 Å². The number of aromatic nitrogens is 1. The van der Waals surface area contributed by atoms with Gasteiger partial charge >= 0.3 is 0 Å². The Morgan fingerprint density at radius 1 is 1.30 bits per heavy atom. The topological polar surface area (TPSA) is 64.4 Å². The molecule has 3 aromatic rings. The first-order valence-corrected chi connectivity index (χ1v) is 9.27. The Balaban J connectivity index is 0.00000261. The van der Waals surface area contributed by atoms with E-state index in [4.69, 9.17) is 9.15 Å². The van der Waals surface area contributed by atoms with Crippen LogP contribution >= 0.6 is 28.3 Å². The van der Waals surface area contributed by atoms with Crippen molar-refractivity contribution in [2.24, 2.45) is 0 Å². The second-order valence-corrected chi connectivity index (χ2v) is 7.00. The van der Waals surface area contributed by atoms with Crippen LogP contribution in [0.2, 0.25) is 0 Å². The monoisotopic (exact) mass is 452 g/mol. The van der Waals surface area contributed by atoms with Gasteiger partial charge in [0, 0.05) is 41.9 Å². The van der Waals surface area contributed by atoms with Gasteiger partial charge in [0.25, 0.3) is 0 Å². The summed E-state index contributed by atoms with van der Waals surface area (Å²) >= 11 is 3.38. The maximum atomic E-state index is 12.7. The number of ether oxygens (including phenoxy) is 1. The molecule has 5 nitrogen and oxygen atoms in total. The van der Waals surface area contributed by atoms with E-state index in [2.05, 4.69) is 26.2 Å². The highest BCUT2D eigenvalue weighted by Crippen LogP contribution is 2.26. The van der Waals surface area contributed by atoms with E-state index in [-0.39, 0.29) is 18.2 Å². The lowest BCUT2D eigenvalue weighted by Crippen LogP contribution is -2.16. The van der Waals surface area contributed by atoms with Crippen LogP contribution in [0.4, 0.5) is 0 Å². The van der Waals surface area contributed by atoms with Crippen molar-refractivity contribution in [3.8, 4) is 0 Å². The number of aryl methyl sites for hydroxylation is 1. The highest BCUT2D eigenvalue weighted by atomic mass is 79.9. The van der Waals surface area contributed by atoms with Crippen LogP contribution in [-0.4, -0.2) is 31.0 Å². The molecule has 144 valence electrons. The minimum absolute atomic E-state index is 0. The summed E-state index contributed by atoms with van der Waals surface area (Å²) < 4.78 is 11.8. The molecule has 0 bridgehead atoms. The molecule has 0 spiro atoms. The third-order valence-electron chi connectivity index (χ3n) is 4.17. The average molecular weight is 454 g/mol. The van der Waals surface area contributed by atoms with E-state index in [9.17, 15) is 4.79 Å². The molecule has 0 amide bonds. The molecule has 2 heterocycles. The van der Waals surface area contributed by atoms with Crippen molar-refractivity contribution in [1.82, 2.24) is 10.3 Å². The number of rotatable bonds is 8. The van der Waals surface area contributed by atoms with Crippen molar-refractivity contribution in [3.05, 3.63) is 63.6 Å². The maximum absolute atomic E-state index is 12.7. The van der Waals surface area contributed by atoms with Gasteiger partial charge in [0.05, 0.1) is 5.69 Å². The molecule has 0 saturated heterocycles. The van der Waals surface area contributed by atoms with Gasteiger partial charge in [-0.3, -0.25) is 9.78 Å². The molecule has 0 aliphatic heterocycles. The van der Waals surface area contributed by atoms with Crippen LogP contribution < -0.4 is 5.32 Å². The van der Waals surface area contributed by atoms with Gasteiger partial charge in [-0.25, -0.2) is 0 Å². The molecular weight excluding hydrogens is 432 g/mol. The molecule has 0 saturated carbocycles. The zero-order valence-corrected chi connectivity index (χ0v) is 17.7. The van der Waals surface area contributed by atoms with Crippen LogP contribution in [0.5, 0.6) is 0 Å². The molecule has 0 aliphatic rings. The van der Waals surface area contributed by atoms with Gasteiger partial charge in [0.1, 0.15) is 0 Å². The Bertz CT molecular complexity index is 909. The van der Waals surface area contributed by atoms with E-state index in [0.717, 1.165) is 40.7 Å². The summed E-state index contributed by atoms with van der Waals surface area (Å²) in [5.74, 6) is 0.200. The Labute approximate surface area is 173 Å². The second kappa shape index (κ2) is 9.99. The first kappa shape index (κ1) is 21.6. The maximum Gasteiger partial charge on any atom is 0.228 e. The van der Waals surface area contributed by atoms with Crippen molar-refractivity contribution >= 4 is 45.1 Å². The first-order chi connectivity index (χ1) is 12.6. The third kappa shape index (κ3) is 5.17. The van der Waals surface area contributed by atoms with Crippen molar-refractivity contribution < 1.29 is 13.9 Å².